The molecule has 0 unspecified atom stereocenters. The minimum Gasteiger partial charge on any atom is -0.454 e. The summed E-state index contributed by atoms with van der Waals surface area (Å²) in [5.74, 6) is 2.12. The van der Waals surface area contributed by atoms with Crippen molar-refractivity contribution in [2.75, 3.05) is 13.3 Å². The first-order chi connectivity index (χ1) is 12.7. The quantitative estimate of drug-likeness (QED) is 0.215. The number of nitro groups is 1. The van der Waals surface area contributed by atoms with Crippen molar-refractivity contribution in [2.24, 2.45) is 4.99 Å². The Bertz CT molecular complexity index is 829. The zero-order valence-electron chi connectivity index (χ0n) is 14.8. The second kappa shape index (κ2) is 9.95. The van der Waals surface area contributed by atoms with Gasteiger partial charge in [0.25, 0.3) is 5.69 Å². The Morgan fingerprint density at radius 3 is 2.74 bits per heavy atom. The van der Waals surface area contributed by atoms with Gasteiger partial charge < -0.3 is 20.1 Å². The highest BCUT2D eigenvalue weighted by molar-refractivity contribution is 14.0. The normalized spacial score (nSPS) is 12.3. The molecule has 9 heteroatoms. The summed E-state index contributed by atoms with van der Waals surface area (Å²) in [6.07, 6.45) is 0. The van der Waals surface area contributed by atoms with Gasteiger partial charge in [-0.15, -0.1) is 24.0 Å². The average molecular weight is 484 g/mol. The fraction of sp³-hybridized carbons (Fsp3) is 0.278. The predicted molar refractivity (Wildman–Crippen MR) is 113 cm³/mol. The van der Waals surface area contributed by atoms with Crippen LogP contribution in [0.25, 0.3) is 0 Å². The summed E-state index contributed by atoms with van der Waals surface area (Å²) in [4.78, 5) is 14.9. The zero-order chi connectivity index (χ0) is 18.4. The van der Waals surface area contributed by atoms with E-state index in [9.17, 15) is 10.1 Å². The third kappa shape index (κ3) is 5.71. The van der Waals surface area contributed by atoms with Crippen LogP contribution in [0.15, 0.2) is 47.5 Å². The van der Waals surface area contributed by atoms with E-state index in [4.69, 9.17) is 9.47 Å². The molecule has 27 heavy (non-hydrogen) atoms. The number of ether oxygens (including phenoxy) is 2. The fourth-order valence-corrected chi connectivity index (χ4v) is 2.52. The lowest BCUT2D eigenvalue weighted by Crippen LogP contribution is -2.36. The van der Waals surface area contributed by atoms with E-state index in [0.29, 0.717) is 25.6 Å². The standard InChI is InChI=1S/C18H20N4O4.HI/c1-2-19-18(20-10-13-4-3-5-15(8-13)22(23)24)21-11-14-6-7-16-17(9-14)26-12-25-16;/h3-9H,2,10-12H2,1H3,(H2,19,20,21);1H. The number of hydrogen-bond acceptors (Lipinski definition) is 5. The van der Waals surface area contributed by atoms with E-state index in [0.717, 1.165) is 22.6 Å². The van der Waals surface area contributed by atoms with Gasteiger partial charge in [0.1, 0.15) is 0 Å². The Hall–Kier alpha value is -2.56. The summed E-state index contributed by atoms with van der Waals surface area (Å²) < 4.78 is 10.7. The Morgan fingerprint density at radius 2 is 1.96 bits per heavy atom. The van der Waals surface area contributed by atoms with Crippen molar-refractivity contribution >= 4 is 35.6 Å². The largest absolute Gasteiger partial charge is 0.454 e. The van der Waals surface area contributed by atoms with Gasteiger partial charge in [-0.05, 0) is 30.2 Å². The van der Waals surface area contributed by atoms with E-state index in [-0.39, 0.29) is 36.5 Å². The first-order valence-corrected chi connectivity index (χ1v) is 8.29. The highest BCUT2D eigenvalue weighted by Crippen LogP contribution is 2.32. The molecule has 0 saturated carbocycles. The molecular formula is C18H21IN4O4. The van der Waals surface area contributed by atoms with Gasteiger partial charge in [0.05, 0.1) is 11.5 Å². The third-order valence-electron chi connectivity index (χ3n) is 3.78. The fourth-order valence-electron chi connectivity index (χ4n) is 2.52. The average Bonchev–Trinajstić information content (AvgIpc) is 3.12. The molecule has 1 aliphatic heterocycles. The van der Waals surface area contributed by atoms with Crippen LogP contribution in [0.5, 0.6) is 11.5 Å². The number of hydrogen-bond donors (Lipinski definition) is 2. The number of nitro benzene ring substituents is 1. The van der Waals surface area contributed by atoms with Crippen LogP contribution in [0.2, 0.25) is 0 Å². The molecule has 2 aromatic rings. The molecule has 0 amide bonds. The van der Waals surface area contributed by atoms with E-state index < -0.39 is 4.92 Å². The van der Waals surface area contributed by atoms with Gasteiger partial charge >= 0.3 is 0 Å². The van der Waals surface area contributed by atoms with Crippen LogP contribution < -0.4 is 20.1 Å². The molecule has 0 spiro atoms. The van der Waals surface area contributed by atoms with Crippen molar-refractivity contribution in [3.63, 3.8) is 0 Å². The maximum absolute atomic E-state index is 10.9. The Labute approximate surface area is 174 Å². The third-order valence-corrected chi connectivity index (χ3v) is 3.78. The van der Waals surface area contributed by atoms with Crippen molar-refractivity contribution in [1.82, 2.24) is 10.6 Å². The minimum atomic E-state index is -0.406. The number of guanidine groups is 1. The number of aliphatic imine (C=N–C) groups is 1. The molecule has 0 bridgehead atoms. The van der Waals surface area contributed by atoms with Crippen molar-refractivity contribution in [3.05, 3.63) is 63.7 Å². The summed E-state index contributed by atoms with van der Waals surface area (Å²) >= 11 is 0. The SMILES string of the molecule is CCNC(=NCc1cccc([N+](=O)[O-])c1)NCc1ccc2c(c1)OCO2.I. The molecule has 0 radical (unpaired) electrons. The molecular weight excluding hydrogens is 463 g/mol. The maximum Gasteiger partial charge on any atom is 0.269 e. The minimum absolute atomic E-state index is 0. The molecule has 2 N–H and O–H groups in total. The van der Waals surface area contributed by atoms with Crippen molar-refractivity contribution < 1.29 is 14.4 Å². The molecule has 0 fully saturated rings. The van der Waals surface area contributed by atoms with E-state index in [1.54, 1.807) is 6.07 Å². The number of fused-ring (bicyclic) bond motifs is 1. The first kappa shape index (κ1) is 20.7. The first-order valence-electron chi connectivity index (χ1n) is 8.29. The summed E-state index contributed by atoms with van der Waals surface area (Å²) in [5, 5.41) is 17.3. The highest BCUT2D eigenvalue weighted by atomic mass is 127. The van der Waals surface area contributed by atoms with Crippen LogP contribution in [-0.2, 0) is 13.1 Å². The summed E-state index contributed by atoms with van der Waals surface area (Å²) in [5.41, 5.74) is 1.88. The highest BCUT2D eigenvalue weighted by Gasteiger charge is 2.13. The van der Waals surface area contributed by atoms with Gasteiger partial charge in [0.2, 0.25) is 6.79 Å². The summed E-state index contributed by atoms with van der Waals surface area (Å²) in [7, 11) is 0. The monoisotopic (exact) mass is 484 g/mol. The van der Waals surface area contributed by atoms with E-state index in [2.05, 4.69) is 15.6 Å². The molecule has 0 saturated heterocycles. The second-order valence-electron chi connectivity index (χ2n) is 5.66. The number of non-ortho nitro benzene ring substituents is 1. The molecule has 1 aliphatic rings. The van der Waals surface area contributed by atoms with Crippen LogP contribution >= 0.6 is 24.0 Å². The number of nitrogens with zero attached hydrogens (tertiary/aromatic N) is 2. The van der Waals surface area contributed by atoms with Crippen molar-refractivity contribution in [3.8, 4) is 11.5 Å². The van der Waals surface area contributed by atoms with Gasteiger partial charge in [-0.2, -0.15) is 0 Å². The van der Waals surface area contributed by atoms with E-state index in [1.165, 1.54) is 12.1 Å². The van der Waals surface area contributed by atoms with Gasteiger partial charge in [0.15, 0.2) is 17.5 Å². The van der Waals surface area contributed by atoms with Gasteiger partial charge in [-0.3, -0.25) is 10.1 Å². The Kier molecular flexibility index (Phi) is 7.65. The molecule has 1 heterocycles. The lowest BCUT2D eigenvalue weighted by atomic mass is 10.2. The number of rotatable bonds is 6. The number of halogens is 1. The van der Waals surface area contributed by atoms with Crippen LogP contribution in [0.1, 0.15) is 18.1 Å². The van der Waals surface area contributed by atoms with Gasteiger partial charge in [0, 0.05) is 25.2 Å². The van der Waals surface area contributed by atoms with Crippen LogP contribution in [0.3, 0.4) is 0 Å². The molecule has 0 aliphatic carbocycles. The Morgan fingerprint density at radius 1 is 1.15 bits per heavy atom. The molecule has 0 aromatic heterocycles. The molecule has 0 atom stereocenters. The summed E-state index contributed by atoms with van der Waals surface area (Å²) in [6.45, 7) is 3.85. The van der Waals surface area contributed by atoms with Gasteiger partial charge in [-0.1, -0.05) is 18.2 Å². The molecule has 2 aromatic carbocycles. The van der Waals surface area contributed by atoms with Crippen molar-refractivity contribution in [1.29, 1.82) is 0 Å². The maximum atomic E-state index is 10.9. The number of nitrogens with one attached hydrogen (secondary N) is 2. The predicted octanol–water partition coefficient (Wildman–Crippen LogP) is 3.20. The van der Waals surface area contributed by atoms with E-state index >= 15 is 0 Å². The van der Waals surface area contributed by atoms with Crippen LogP contribution in [0.4, 0.5) is 5.69 Å². The smallest absolute Gasteiger partial charge is 0.269 e. The second-order valence-corrected chi connectivity index (χ2v) is 5.66. The lowest BCUT2D eigenvalue weighted by Gasteiger charge is -2.11. The summed E-state index contributed by atoms with van der Waals surface area (Å²) in [6, 6.07) is 12.3. The molecule has 8 nitrogen and oxygen atoms in total. The van der Waals surface area contributed by atoms with Crippen molar-refractivity contribution in [2.45, 2.75) is 20.0 Å². The van der Waals surface area contributed by atoms with Crippen LogP contribution in [0, 0.1) is 10.1 Å². The number of benzene rings is 2. The lowest BCUT2D eigenvalue weighted by molar-refractivity contribution is -0.384. The van der Waals surface area contributed by atoms with Crippen LogP contribution in [-0.4, -0.2) is 24.2 Å². The van der Waals surface area contributed by atoms with E-state index in [1.807, 2.05) is 31.2 Å². The zero-order valence-corrected chi connectivity index (χ0v) is 17.1. The molecule has 3 rings (SSSR count). The Balaban J connectivity index is 0.00000261. The topological polar surface area (TPSA) is 98.0 Å². The molecule has 144 valence electrons. The van der Waals surface area contributed by atoms with Gasteiger partial charge in [-0.25, -0.2) is 4.99 Å².